The van der Waals surface area contributed by atoms with E-state index in [0.29, 0.717) is 12.5 Å². The summed E-state index contributed by atoms with van der Waals surface area (Å²) in [5.41, 5.74) is 0. The van der Waals surface area contributed by atoms with Crippen LogP contribution in [0.3, 0.4) is 0 Å². The highest BCUT2D eigenvalue weighted by Gasteiger charge is 2.44. The van der Waals surface area contributed by atoms with E-state index >= 15 is 0 Å². The van der Waals surface area contributed by atoms with Crippen LogP contribution in [0.2, 0.25) is 0 Å². The van der Waals surface area contributed by atoms with Gasteiger partial charge in [-0.25, -0.2) is 0 Å². The SMILES string of the molecule is C[C@@H]1[C@@H](CC(=O)O)CC(=O)N1C1CC1. The largest absolute Gasteiger partial charge is 0.481 e. The van der Waals surface area contributed by atoms with Crippen LogP contribution >= 0.6 is 0 Å². The number of amides is 1. The summed E-state index contributed by atoms with van der Waals surface area (Å²) in [7, 11) is 0. The van der Waals surface area contributed by atoms with Crippen molar-refractivity contribution in [1.82, 2.24) is 4.90 Å². The van der Waals surface area contributed by atoms with Crippen LogP contribution in [-0.2, 0) is 9.59 Å². The maximum atomic E-state index is 11.6. The highest BCUT2D eigenvalue weighted by atomic mass is 16.4. The normalized spacial score (nSPS) is 32.4. The molecule has 0 spiro atoms. The smallest absolute Gasteiger partial charge is 0.303 e. The van der Waals surface area contributed by atoms with Crippen LogP contribution in [0, 0.1) is 5.92 Å². The zero-order valence-corrected chi connectivity index (χ0v) is 8.27. The zero-order valence-electron chi connectivity index (χ0n) is 8.27. The minimum Gasteiger partial charge on any atom is -0.481 e. The van der Waals surface area contributed by atoms with Crippen molar-refractivity contribution in [2.45, 2.75) is 44.7 Å². The molecule has 0 radical (unpaired) electrons. The van der Waals surface area contributed by atoms with E-state index in [9.17, 15) is 9.59 Å². The lowest BCUT2D eigenvalue weighted by Crippen LogP contribution is -2.35. The lowest BCUT2D eigenvalue weighted by Gasteiger charge is -2.23. The Bertz CT molecular complexity index is 273. The highest BCUT2D eigenvalue weighted by Crippen LogP contribution is 2.37. The molecule has 1 amide bonds. The lowest BCUT2D eigenvalue weighted by molar-refractivity contribution is -0.138. The Balaban J connectivity index is 2.02. The van der Waals surface area contributed by atoms with Crippen LogP contribution in [0.15, 0.2) is 0 Å². The molecule has 1 aliphatic carbocycles. The van der Waals surface area contributed by atoms with Crippen molar-refractivity contribution in [3.8, 4) is 0 Å². The van der Waals surface area contributed by atoms with E-state index in [2.05, 4.69) is 0 Å². The minimum atomic E-state index is -0.799. The quantitative estimate of drug-likeness (QED) is 0.730. The highest BCUT2D eigenvalue weighted by molar-refractivity contribution is 5.81. The first-order chi connectivity index (χ1) is 6.59. The number of carbonyl (C=O) groups is 2. The molecule has 2 atom stereocenters. The van der Waals surface area contributed by atoms with Crippen LogP contribution < -0.4 is 0 Å². The number of likely N-dealkylation sites (tertiary alicyclic amines) is 1. The average molecular weight is 197 g/mol. The molecular formula is C10H15NO3. The van der Waals surface area contributed by atoms with Crippen molar-refractivity contribution in [2.24, 2.45) is 5.92 Å². The molecule has 4 heteroatoms. The molecule has 0 bridgehead atoms. The third kappa shape index (κ3) is 1.61. The first-order valence-corrected chi connectivity index (χ1v) is 5.12. The van der Waals surface area contributed by atoms with Gasteiger partial charge in [0.2, 0.25) is 5.91 Å². The van der Waals surface area contributed by atoms with Gasteiger partial charge in [0.15, 0.2) is 0 Å². The molecule has 78 valence electrons. The predicted molar refractivity (Wildman–Crippen MR) is 49.7 cm³/mol. The Morgan fingerprint density at radius 2 is 2.21 bits per heavy atom. The molecule has 0 aromatic rings. The molecule has 1 saturated heterocycles. The van der Waals surface area contributed by atoms with Crippen molar-refractivity contribution in [1.29, 1.82) is 0 Å². The standard InChI is InChI=1S/C10H15NO3/c1-6-7(5-10(13)14)4-9(12)11(6)8-2-3-8/h6-8H,2-5H2,1H3,(H,13,14)/t6-,7-/m1/s1. The van der Waals surface area contributed by atoms with Gasteiger partial charge >= 0.3 is 5.97 Å². The summed E-state index contributed by atoms with van der Waals surface area (Å²) in [5, 5.41) is 8.69. The number of rotatable bonds is 3. The molecule has 0 unspecified atom stereocenters. The summed E-state index contributed by atoms with van der Waals surface area (Å²) >= 11 is 0. The fraction of sp³-hybridized carbons (Fsp3) is 0.800. The molecule has 2 aliphatic rings. The molecule has 0 aromatic heterocycles. The fourth-order valence-corrected chi connectivity index (χ4v) is 2.31. The molecule has 2 rings (SSSR count). The van der Waals surface area contributed by atoms with Crippen molar-refractivity contribution < 1.29 is 14.7 Å². The number of carboxylic acid groups (broad SMARTS) is 1. The van der Waals surface area contributed by atoms with Crippen molar-refractivity contribution in [2.75, 3.05) is 0 Å². The molecule has 4 nitrogen and oxygen atoms in total. The van der Waals surface area contributed by atoms with Crippen molar-refractivity contribution in [3.63, 3.8) is 0 Å². The molecule has 1 heterocycles. The summed E-state index contributed by atoms with van der Waals surface area (Å²) in [5.74, 6) is -0.640. The van der Waals surface area contributed by atoms with Gasteiger partial charge in [-0.15, -0.1) is 0 Å². The van der Waals surface area contributed by atoms with Crippen molar-refractivity contribution in [3.05, 3.63) is 0 Å². The van der Waals surface area contributed by atoms with E-state index in [0.717, 1.165) is 12.8 Å². The van der Waals surface area contributed by atoms with Gasteiger partial charge in [0.1, 0.15) is 0 Å². The molecule has 1 aliphatic heterocycles. The molecular weight excluding hydrogens is 182 g/mol. The second kappa shape index (κ2) is 3.26. The summed E-state index contributed by atoms with van der Waals surface area (Å²) in [4.78, 5) is 24.1. The van der Waals surface area contributed by atoms with Gasteiger partial charge in [-0.2, -0.15) is 0 Å². The number of hydrogen-bond acceptors (Lipinski definition) is 2. The molecule has 1 N–H and O–H groups in total. The van der Waals surface area contributed by atoms with Gasteiger partial charge in [0.05, 0.1) is 6.42 Å². The first kappa shape index (κ1) is 9.49. The maximum Gasteiger partial charge on any atom is 0.303 e. The van der Waals surface area contributed by atoms with Crippen LogP contribution in [0.1, 0.15) is 32.6 Å². The maximum absolute atomic E-state index is 11.6. The fourth-order valence-electron chi connectivity index (χ4n) is 2.31. The van der Waals surface area contributed by atoms with Crippen LogP contribution in [0.4, 0.5) is 0 Å². The first-order valence-electron chi connectivity index (χ1n) is 5.12. The van der Waals surface area contributed by atoms with Gasteiger partial charge in [0, 0.05) is 18.5 Å². The van der Waals surface area contributed by atoms with E-state index in [1.165, 1.54) is 0 Å². The number of aliphatic carboxylic acids is 1. The van der Waals surface area contributed by atoms with Gasteiger partial charge in [-0.3, -0.25) is 9.59 Å². The number of hydrogen-bond donors (Lipinski definition) is 1. The average Bonchev–Trinajstić information content (AvgIpc) is 2.82. The van der Waals surface area contributed by atoms with Crippen LogP contribution in [-0.4, -0.2) is 34.0 Å². The van der Waals surface area contributed by atoms with Crippen LogP contribution in [0.25, 0.3) is 0 Å². The Hall–Kier alpha value is -1.06. The minimum absolute atomic E-state index is 0.0144. The van der Waals surface area contributed by atoms with E-state index in [-0.39, 0.29) is 24.3 Å². The number of nitrogens with zero attached hydrogens (tertiary/aromatic N) is 1. The van der Waals surface area contributed by atoms with Gasteiger partial charge in [-0.1, -0.05) is 0 Å². The third-order valence-electron chi connectivity index (χ3n) is 3.22. The summed E-state index contributed by atoms with van der Waals surface area (Å²) < 4.78 is 0. The second-order valence-electron chi connectivity index (χ2n) is 4.33. The predicted octanol–water partition coefficient (Wildman–Crippen LogP) is 0.861. The molecule has 1 saturated carbocycles. The van der Waals surface area contributed by atoms with E-state index in [1.54, 1.807) is 0 Å². The Morgan fingerprint density at radius 3 is 2.71 bits per heavy atom. The number of carbonyl (C=O) groups excluding carboxylic acids is 1. The zero-order chi connectivity index (χ0) is 10.3. The van der Waals surface area contributed by atoms with E-state index < -0.39 is 5.97 Å². The van der Waals surface area contributed by atoms with Crippen LogP contribution in [0.5, 0.6) is 0 Å². The topological polar surface area (TPSA) is 57.6 Å². The summed E-state index contributed by atoms with van der Waals surface area (Å²) in [6, 6.07) is 0.530. The van der Waals surface area contributed by atoms with E-state index in [4.69, 9.17) is 5.11 Å². The number of carboxylic acids is 1. The third-order valence-corrected chi connectivity index (χ3v) is 3.22. The molecule has 14 heavy (non-hydrogen) atoms. The van der Waals surface area contributed by atoms with Gasteiger partial charge in [0.25, 0.3) is 0 Å². The molecule has 2 fully saturated rings. The Morgan fingerprint density at radius 1 is 1.57 bits per heavy atom. The van der Waals surface area contributed by atoms with Gasteiger partial charge in [-0.05, 0) is 25.7 Å². The summed E-state index contributed by atoms with van der Waals surface area (Å²) in [6.07, 6.45) is 2.73. The summed E-state index contributed by atoms with van der Waals surface area (Å²) in [6.45, 7) is 1.97. The Labute approximate surface area is 82.9 Å². The lowest BCUT2D eigenvalue weighted by atomic mass is 9.98. The van der Waals surface area contributed by atoms with Gasteiger partial charge < -0.3 is 10.0 Å². The van der Waals surface area contributed by atoms with Crippen molar-refractivity contribution >= 4 is 11.9 Å². The second-order valence-corrected chi connectivity index (χ2v) is 4.33. The monoisotopic (exact) mass is 197 g/mol. The molecule has 0 aromatic carbocycles. The van der Waals surface area contributed by atoms with E-state index in [1.807, 2.05) is 11.8 Å². The Kier molecular flexibility index (Phi) is 2.21.